The zero-order valence-electron chi connectivity index (χ0n) is 12.3. The number of hydrogen-bond donors (Lipinski definition) is 1. The van der Waals surface area contributed by atoms with Crippen LogP contribution in [0.1, 0.15) is 28.8 Å². The van der Waals surface area contributed by atoms with Gasteiger partial charge in [-0.3, -0.25) is 14.6 Å². The first-order valence-electron chi connectivity index (χ1n) is 7.22. The molecule has 0 radical (unpaired) electrons. The second kappa shape index (κ2) is 6.27. The summed E-state index contributed by atoms with van der Waals surface area (Å²) < 4.78 is 0. The lowest BCUT2D eigenvalue weighted by Crippen LogP contribution is -2.52. The van der Waals surface area contributed by atoms with Crippen LogP contribution in [-0.4, -0.2) is 29.4 Å². The van der Waals surface area contributed by atoms with Crippen molar-refractivity contribution in [2.45, 2.75) is 25.8 Å². The summed E-state index contributed by atoms with van der Waals surface area (Å²) in [6.45, 7) is 2.56. The summed E-state index contributed by atoms with van der Waals surface area (Å²) in [5, 5.41) is 6.61. The van der Waals surface area contributed by atoms with Crippen LogP contribution in [0.4, 0.5) is 5.69 Å². The van der Waals surface area contributed by atoms with Gasteiger partial charge in [0.25, 0.3) is 5.91 Å². The number of anilines is 1. The molecule has 0 bridgehead atoms. The number of nitrogens with one attached hydrogen (secondary N) is 1. The highest BCUT2D eigenvalue weighted by molar-refractivity contribution is 7.08. The Balaban J connectivity index is 1.73. The lowest BCUT2D eigenvalue weighted by atomic mass is 10.0. The molecular formula is C16H17N3O2S. The fourth-order valence-corrected chi connectivity index (χ4v) is 3.44. The molecule has 6 heteroatoms. The first-order chi connectivity index (χ1) is 10.7. The average molecular weight is 315 g/mol. The normalized spacial score (nSPS) is 18.3. The number of thiophene rings is 1. The lowest BCUT2D eigenvalue weighted by Gasteiger charge is -2.32. The van der Waals surface area contributed by atoms with Crippen molar-refractivity contribution >= 4 is 28.8 Å². The molecule has 2 aromatic rings. The van der Waals surface area contributed by atoms with Gasteiger partial charge in [-0.2, -0.15) is 11.3 Å². The van der Waals surface area contributed by atoms with Gasteiger partial charge in [-0.1, -0.05) is 0 Å². The molecule has 0 spiro atoms. The van der Waals surface area contributed by atoms with Gasteiger partial charge in [-0.25, -0.2) is 0 Å². The number of carbonyl (C=O) groups excluding carboxylic acids is 2. The van der Waals surface area contributed by atoms with Crippen LogP contribution in [0, 0.1) is 6.92 Å². The molecule has 0 unspecified atom stereocenters. The highest BCUT2D eigenvalue weighted by atomic mass is 32.1. The maximum Gasteiger partial charge on any atom is 0.253 e. The molecule has 0 saturated carbocycles. The quantitative estimate of drug-likeness (QED) is 0.946. The number of amides is 2. The van der Waals surface area contributed by atoms with Gasteiger partial charge in [0, 0.05) is 18.1 Å². The van der Waals surface area contributed by atoms with Crippen molar-refractivity contribution in [3.63, 3.8) is 0 Å². The van der Waals surface area contributed by atoms with Gasteiger partial charge in [0.15, 0.2) is 0 Å². The van der Waals surface area contributed by atoms with E-state index < -0.39 is 6.04 Å². The van der Waals surface area contributed by atoms with E-state index in [-0.39, 0.29) is 11.8 Å². The van der Waals surface area contributed by atoms with Gasteiger partial charge in [-0.15, -0.1) is 0 Å². The Morgan fingerprint density at radius 3 is 3.00 bits per heavy atom. The van der Waals surface area contributed by atoms with Crippen LogP contribution in [0.2, 0.25) is 0 Å². The van der Waals surface area contributed by atoms with Crippen molar-refractivity contribution in [2.75, 3.05) is 11.4 Å². The minimum atomic E-state index is -0.472. The van der Waals surface area contributed by atoms with E-state index in [0.29, 0.717) is 18.5 Å². The molecule has 22 heavy (non-hydrogen) atoms. The van der Waals surface area contributed by atoms with E-state index >= 15 is 0 Å². The predicted molar refractivity (Wildman–Crippen MR) is 86.1 cm³/mol. The van der Waals surface area contributed by atoms with Gasteiger partial charge >= 0.3 is 0 Å². The third-order valence-corrected chi connectivity index (χ3v) is 4.66. The van der Waals surface area contributed by atoms with Crippen LogP contribution in [0.15, 0.2) is 35.3 Å². The van der Waals surface area contributed by atoms with Crippen molar-refractivity contribution in [3.05, 3.63) is 46.4 Å². The zero-order valence-corrected chi connectivity index (χ0v) is 13.1. The van der Waals surface area contributed by atoms with Crippen LogP contribution >= 0.6 is 11.3 Å². The molecule has 1 N–H and O–H groups in total. The molecule has 1 aliphatic rings. The Bertz CT molecular complexity index is 684. The van der Waals surface area contributed by atoms with Crippen LogP contribution < -0.4 is 10.2 Å². The van der Waals surface area contributed by atoms with Gasteiger partial charge in [-0.05, 0) is 42.8 Å². The number of carbonyl (C=O) groups is 2. The molecule has 1 saturated heterocycles. The molecule has 1 fully saturated rings. The van der Waals surface area contributed by atoms with E-state index in [1.54, 1.807) is 23.4 Å². The van der Waals surface area contributed by atoms with Gasteiger partial charge in [0.05, 0.1) is 17.4 Å². The smallest absolute Gasteiger partial charge is 0.253 e. The number of nitrogens with zero attached hydrogens (tertiary/aromatic N) is 2. The summed E-state index contributed by atoms with van der Waals surface area (Å²) in [7, 11) is 0. The highest BCUT2D eigenvalue weighted by Crippen LogP contribution is 2.21. The number of pyridine rings is 1. The molecule has 2 amide bonds. The van der Waals surface area contributed by atoms with E-state index in [1.165, 1.54) is 11.3 Å². The van der Waals surface area contributed by atoms with Gasteiger partial charge < -0.3 is 10.2 Å². The monoisotopic (exact) mass is 315 g/mol. The maximum absolute atomic E-state index is 12.6. The number of aromatic nitrogens is 1. The van der Waals surface area contributed by atoms with Gasteiger partial charge in [0.1, 0.15) is 6.04 Å². The fourth-order valence-electron chi connectivity index (χ4n) is 2.61. The molecule has 114 valence electrons. The topological polar surface area (TPSA) is 62.3 Å². The third-order valence-electron chi connectivity index (χ3n) is 3.80. The summed E-state index contributed by atoms with van der Waals surface area (Å²) in [4.78, 5) is 30.6. The Morgan fingerprint density at radius 2 is 2.32 bits per heavy atom. The molecule has 1 aliphatic heterocycles. The van der Waals surface area contributed by atoms with Gasteiger partial charge in [0.2, 0.25) is 5.91 Å². The summed E-state index contributed by atoms with van der Waals surface area (Å²) in [5.41, 5.74) is 2.37. The van der Waals surface area contributed by atoms with E-state index in [0.717, 1.165) is 17.7 Å². The van der Waals surface area contributed by atoms with Crippen LogP contribution in [0.25, 0.3) is 0 Å². The van der Waals surface area contributed by atoms with E-state index in [4.69, 9.17) is 0 Å². The Labute approximate surface area is 133 Å². The molecule has 2 aromatic heterocycles. The summed E-state index contributed by atoms with van der Waals surface area (Å²) >= 11 is 1.49. The first-order valence-corrected chi connectivity index (χ1v) is 8.16. The first kappa shape index (κ1) is 14.7. The largest absolute Gasteiger partial charge is 0.340 e. The number of aryl methyl sites for hydroxylation is 1. The minimum Gasteiger partial charge on any atom is -0.340 e. The molecule has 3 rings (SSSR count). The minimum absolute atomic E-state index is 0.0690. The molecule has 0 aliphatic carbocycles. The van der Waals surface area contributed by atoms with Crippen molar-refractivity contribution in [2.24, 2.45) is 0 Å². The van der Waals surface area contributed by atoms with Crippen molar-refractivity contribution < 1.29 is 9.59 Å². The van der Waals surface area contributed by atoms with Crippen molar-refractivity contribution in [1.29, 1.82) is 0 Å². The summed E-state index contributed by atoms with van der Waals surface area (Å²) in [5.74, 6) is -0.245. The Hall–Kier alpha value is -2.21. The SMILES string of the molecule is Cc1cscc1C(=O)N[C@@H]1CCCN(c2cccnc2)C1=O. The summed E-state index contributed by atoms with van der Waals surface area (Å²) in [6, 6.07) is 3.19. The number of rotatable bonds is 3. The van der Waals surface area contributed by atoms with Crippen LogP contribution in [-0.2, 0) is 4.79 Å². The number of piperidine rings is 1. The third kappa shape index (κ3) is 2.87. The summed E-state index contributed by atoms with van der Waals surface area (Å²) in [6.07, 6.45) is 4.88. The lowest BCUT2D eigenvalue weighted by molar-refractivity contribution is -0.121. The maximum atomic E-state index is 12.6. The van der Waals surface area contributed by atoms with Crippen LogP contribution in [0.3, 0.4) is 0 Å². The van der Waals surface area contributed by atoms with E-state index in [1.807, 2.05) is 23.8 Å². The molecule has 0 aromatic carbocycles. The Morgan fingerprint density at radius 1 is 1.45 bits per heavy atom. The standard InChI is InChI=1S/C16H17N3O2S/c1-11-9-22-10-13(11)15(20)18-14-5-3-7-19(16(14)21)12-4-2-6-17-8-12/h2,4,6,8-10,14H,3,5,7H2,1H3,(H,18,20)/t14-/m1/s1. The average Bonchev–Trinajstić information content (AvgIpc) is 2.96. The Kier molecular flexibility index (Phi) is 4.20. The predicted octanol–water partition coefficient (Wildman–Crippen LogP) is 2.38. The second-order valence-corrected chi connectivity index (χ2v) is 6.08. The zero-order chi connectivity index (χ0) is 15.5. The molecule has 3 heterocycles. The van der Waals surface area contributed by atoms with Crippen molar-refractivity contribution in [3.8, 4) is 0 Å². The second-order valence-electron chi connectivity index (χ2n) is 5.34. The van der Waals surface area contributed by atoms with E-state index in [2.05, 4.69) is 10.3 Å². The molecule has 1 atom stereocenters. The molecule has 5 nitrogen and oxygen atoms in total. The van der Waals surface area contributed by atoms with E-state index in [9.17, 15) is 9.59 Å². The number of hydrogen-bond acceptors (Lipinski definition) is 4. The van der Waals surface area contributed by atoms with Crippen LogP contribution in [0.5, 0.6) is 0 Å². The molecular weight excluding hydrogens is 298 g/mol. The highest BCUT2D eigenvalue weighted by Gasteiger charge is 2.31. The fraction of sp³-hybridized carbons (Fsp3) is 0.312. The van der Waals surface area contributed by atoms with Crippen molar-refractivity contribution in [1.82, 2.24) is 10.3 Å².